The average Bonchev–Trinajstić information content (AvgIpc) is 3.36. The van der Waals surface area contributed by atoms with Crippen LogP contribution in [-0.4, -0.2) is 34.6 Å². The van der Waals surface area contributed by atoms with Crippen molar-refractivity contribution in [1.29, 1.82) is 0 Å². The minimum absolute atomic E-state index is 0.110. The predicted octanol–water partition coefficient (Wildman–Crippen LogP) is 5.53. The molecule has 2 unspecified atom stereocenters. The van der Waals surface area contributed by atoms with E-state index in [1.165, 1.54) is 18.5 Å². The van der Waals surface area contributed by atoms with Gasteiger partial charge < -0.3 is 10.2 Å². The lowest BCUT2D eigenvalue weighted by Crippen LogP contribution is -2.28. The topological polar surface area (TPSA) is 41.1 Å². The lowest BCUT2D eigenvalue weighted by Gasteiger charge is -2.28. The van der Waals surface area contributed by atoms with Crippen molar-refractivity contribution in [1.82, 2.24) is 9.97 Å². The summed E-state index contributed by atoms with van der Waals surface area (Å²) < 4.78 is 53.8. The van der Waals surface area contributed by atoms with E-state index in [-0.39, 0.29) is 23.1 Å². The summed E-state index contributed by atoms with van der Waals surface area (Å²) in [5.41, 5.74) is 0.149. The Kier molecular flexibility index (Phi) is 5.83. The van der Waals surface area contributed by atoms with Gasteiger partial charge in [-0.1, -0.05) is 19.1 Å². The van der Waals surface area contributed by atoms with E-state index in [0.717, 1.165) is 48.5 Å². The van der Waals surface area contributed by atoms with E-state index < -0.39 is 17.6 Å². The Morgan fingerprint density at radius 3 is 2.67 bits per heavy atom. The molecule has 1 aromatic heterocycles. The Balaban J connectivity index is 1.54. The first-order chi connectivity index (χ1) is 14.3. The highest BCUT2D eigenvalue weighted by Crippen LogP contribution is 2.39. The fourth-order valence-electron chi connectivity index (χ4n) is 4.09. The van der Waals surface area contributed by atoms with Crippen LogP contribution < -0.4 is 10.2 Å². The van der Waals surface area contributed by atoms with E-state index in [2.05, 4.69) is 22.2 Å². The Labute approximate surface area is 177 Å². The maximum absolute atomic E-state index is 15.2. The average molecular weight is 441 g/mol. The second-order valence-electron chi connectivity index (χ2n) is 8.30. The van der Waals surface area contributed by atoms with Gasteiger partial charge in [-0.3, -0.25) is 0 Å². The summed E-state index contributed by atoms with van der Waals surface area (Å²) in [5.74, 6) is 2.00. The predicted molar refractivity (Wildman–Crippen MR) is 111 cm³/mol. The van der Waals surface area contributed by atoms with Crippen LogP contribution in [0.25, 0.3) is 0 Å². The van der Waals surface area contributed by atoms with Crippen LogP contribution in [0, 0.1) is 11.2 Å². The number of alkyl halides is 3. The standard InChI is InChI=1S/C21H24F4N4S/c1-20(8-10-30-12-20)11-26-18-17(22)19(28-13-27-18)29-9-2-3-16(29)14-4-6-15(7-5-14)21(23,24)25/h4-7,13,16H,2-3,8-12H2,1H3,(H,26,27,28). The molecule has 0 bridgehead atoms. The number of hydrogen-bond acceptors (Lipinski definition) is 5. The molecule has 2 fully saturated rings. The summed E-state index contributed by atoms with van der Waals surface area (Å²) in [6, 6.07) is 4.89. The third kappa shape index (κ3) is 4.36. The third-order valence-corrected chi connectivity index (χ3v) is 7.30. The number of anilines is 2. The zero-order valence-electron chi connectivity index (χ0n) is 16.7. The van der Waals surface area contributed by atoms with Crippen molar-refractivity contribution >= 4 is 23.4 Å². The minimum atomic E-state index is -4.37. The number of hydrogen-bond donors (Lipinski definition) is 1. The number of rotatable bonds is 5. The zero-order chi connectivity index (χ0) is 21.4. The molecule has 162 valence electrons. The lowest BCUT2D eigenvalue weighted by molar-refractivity contribution is -0.137. The number of halogens is 4. The fraction of sp³-hybridized carbons (Fsp3) is 0.524. The summed E-state index contributed by atoms with van der Waals surface area (Å²) >= 11 is 1.90. The molecule has 0 spiro atoms. The van der Waals surface area contributed by atoms with Crippen LogP contribution in [0.3, 0.4) is 0 Å². The Morgan fingerprint density at radius 2 is 2.00 bits per heavy atom. The molecule has 0 radical (unpaired) electrons. The highest BCUT2D eigenvalue weighted by molar-refractivity contribution is 7.99. The number of aromatic nitrogens is 2. The van der Waals surface area contributed by atoms with Crippen LogP contribution in [-0.2, 0) is 6.18 Å². The van der Waals surface area contributed by atoms with Crippen molar-refractivity contribution in [2.75, 3.05) is 34.8 Å². The van der Waals surface area contributed by atoms with Gasteiger partial charge in [-0.2, -0.15) is 29.3 Å². The van der Waals surface area contributed by atoms with Gasteiger partial charge in [0, 0.05) is 18.8 Å². The summed E-state index contributed by atoms with van der Waals surface area (Å²) in [7, 11) is 0. The van der Waals surface area contributed by atoms with Crippen molar-refractivity contribution < 1.29 is 17.6 Å². The highest BCUT2D eigenvalue weighted by Gasteiger charge is 2.34. The van der Waals surface area contributed by atoms with Crippen molar-refractivity contribution in [2.45, 2.75) is 38.4 Å². The van der Waals surface area contributed by atoms with Crippen LogP contribution in [0.5, 0.6) is 0 Å². The van der Waals surface area contributed by atoms with E-state index in [1.807, 2.05) is 16.7 Å². The van der Waals surface area contributed by atoms with E-state index in [1.54, 1.807) is 0 Å². The van der Waals surface area contributed by atoms with Crippen molar-refractivity contribution in [3.05, 3.63) is 47.5 Å². The number of thioether (sulfide) groups is 1. The van der Waals surface area contributed by atoms with Crippen LogP contribution in [0.2, 0.25) is 0 Å². The third-order valence-electron chi connectivity index (χ3n) is 5.90. The van der Waals surface area contributed by atoms with Crippen molar-refractivity contribution in [3.8, 4) is 0 Å². The fourth-order valence-corrected chi connectivity index (χ4v) is 5.61. The summed E-state index contributed by atoms with van der Waals surface area (Å²) in [6.07, 6.45) is -0.414. The normalized spacial score (nSPS) is 24.4. The van der Waals surface area contributed by atoms with E-state index in [4.69, 9.17) is 0 Å². The summed E-state index contributed by atoms with van der Waals surface area (Å²) in [6.45, 7) is 3.41. The van der Waals surface area contributed by atoms with Crippen LogP contribution in [0.4, 0.5) is 29.2 Å². The molecular formula is C21H24F4N4S. The van der Waals surface area contributed by atoms with Gasteiger partial charge >= 0.3 is 6.18 Å². The summed E-state index contributed by atoms with van der Waals surface area (Å²) in [4.78, 5) is 10.1. The van der Waals surface area contributed by atoms with E-state index in [9.17, 15) is 13.2 Å². The van der Waals surface area contributed by atoms with Gasteiger partial charge in [0.25, 0.3) is 0 Å². The number of benzene rings is 1. The highest BCUT2D eigenvalue weighted by atomic mass is 32.2. The first kappa shape index (κ1) is 21.2. The van der Waals surface area contributed by atoms with Gasteiger partial charge in [0.1, 0.15) is 6.33 Å². The molecule has 2 aliphatic rings. The van der Waals surface area contributed by atoms with E-state index in [0.29, 0.717) is 13.1 Å². The van der Waals surface area contributed by atoms with Crippen LogP contribution in [0.15, 0.2) is 30.6 Å². The van der Waals surface area contributed by atoms with Crippen LogP contribution >= 0.6 is 11.8 Å². The molecule has 4 rings (SSSR count). The second-order valence-corrected chi connectivity index (χ2v) is 9.40. The first-order valence-corrected chi connectivity index (χ1v) is 11.2. The largest absolute Gasteiger partial charge is 0.416 e. The quantitative estimate of drug-likeness (QED) is 0.619. The Morgan fingerprint density at radius 1 is 1.23 bits per heavy atom. The maximum Gasteiger partial charge on any atom is 0.416 e. The molecule has 1 aromatic carbocycles. The van der Waals surface area contributed by atoms with Crippen molar-refractivity contribution in [2.24, 2.45) is 5.41 Å². The molecule has 0 amide bonds. The molecule has 0 aliphatic carbocycles. The number of nitrogens with one attached hydrogen (secondary N) is 1. The van der Waals surface area contributed by atoms with Gasteiger partial charge in [0.15, 0.2) is 11.6 Å². The van der Waals surface area contributed by atoms with Gasteiger partial charge in [-0.05, 0) is 48.1 Å². The molecule has 0 saturated carbocycles. The molecular weight excluding hydrogens is 416 g/mol. The molecule has 2 aliphatic heterocycles. The zero-order valence-corrected chi connectivity index (χ0v) is 17.5. The minimum Gasteiger partial charge on any atom is -0.367 e. The molecule has 2 saturated heterocycles. The SMILES string of the molecule is CC1(CNc2ncnc(N3CCCC3c3ccc(C(F)(F)F)cc3)c2F)CCSC1. The number of nitrogens with zero attached hydrogens (tertiary/aromatic N) is 3. The maximum atomic E-state index is 15.2. The molecule has 4 nitrogen and oxygen atoms in total. The Hall–Kier alpha value is -2.03. The first-order valence-electron chi connectivity index (χ1n) is 10.0. The molecule has 9 heteroatoms. The Bertz CT molecular complexity index is 882. The molecule has 2 aromatic rings. The summed E-state index contributed by atoms with van der Waals surface area (Å²) in [5, 5.41) is 3.15. The van der Waals surface area contributed by atoms with Gasteiger partial charge in [-0.15, -0.1) is 0 Å². The van der Waals surface area contributed by atoms with Gasteiger partial charge in [0.05, 0.1) is 11.6 Å². The molecule has 30 heavy (non-hydrogen) atoms. The van der Waals surface area contributed by atoms with Gasteiger partial charge in [0.2, 0.25) is 5.82 Å². The lowest BCUT2D eigenvalue weighted by atomic mass is 9.90. The molecule has 3 heterocycles. The smallest absolute Gasteiger partial charge is 0.367 e. The van der Waals surface area contributed by atoms with E-state index >= 15 is 4.39 Å². The van der Waals surface area contributed by atoms with Crippen LogP contribution in [0.1, 0.15) is 43.4 Å². The monoisotopic (exact) mass is 440 g/mol. The molecule has 2 atom stereocenters. The van der Waals surface area contributed by atoms with Gasteiger partial charge in [-0.25, -0.2) is 9.97 Å². The van der Waals surface area contributed by atoms with Crippen molar-refractivity contribution in [3.63, 3.8) is 0 Å². The molecule has 1 N–H and O–H groups in total. The second kappa shape index (κ2) is 8.24.